The van der Waals surface area contributed by atoms with Gasteiger partial charge in [-0.1, -0.05) is 0 Å². The van der Waals surface area contributed by atoms with Crippen LogP contribution in [0.2, 0.25) is 0 Å². The molecule has 1 rings (SSSR count). The summed E-state index contributed by atoms with van der Waals surface area (Å²) in [5, 5.41) is 0.520. The van der Waals surface area contributed by atoms with E-state index in [4.69, 9.17) is 24.7 Å². The van der Waals surface area contributed by atoms with Gasteiger partial charge in [0.25, 0.3) is 0 Å². The minimum absolute atomic E-state index is 0.290. The highest BCUT2D eigenvalue weighted by molar-refractivity contribution is 7.81. The molecule has 0 unspecified atom stereocenters. The van der Waals surface area contributed by atoms with E-state index in [0.717, 1.165) is 0 Å². The zero-order valence-electron chi connectivity index (χ0n) is 16.5. The lowest BCUT2D eigenvalue weighted by atomic mass is 9.85. The molecule has 12 heteroatoms. The van der Waals surface area contributed by atoms with Gasteiger partial charge in [0.1, 0.15) is 0 Å². The van der Waals surface area contributed by atoms with Gasteiger partial charge in [-0.05, 0) is 53.4 Å². The number of ether oxygens (including phenoxy) is 1. The molecule has 0 saturated heterocycles. The zero-order chi connectivity index (χ0) is 21.7. The molecule has 11 nitrogen and oxygen atoms in total. The molecular weight excluding hydrogens is 394 g/mol. The van der Waals surface area contributed by atoms with Crippen LogP contribution in [0.1, 0.15) is 53.4 Å². The van der Waals surface area contributed by atoms with Crippen molar-refractivity contribution in [3.05, 3.63) is 0 Å². The van der Waals surface area contributed by atoms with Gasteiger partial charge in [-0.25, -0.2) is 8.98 Å². The second-order valence-electron chi connectivity index (χ2n) is 7.65. The predicted molar refractivity (Wildman–Crippen MR) is 97.3 cm³/mol. The number of rotatable bonds is 9. The lowest BCUT2D eigenvalue weighted by Crippen LogP contribution is -2.47. The van der Waals surface area contributed by atoms with E-state index in [9.17, 15) is 22.8 Å². The van der Waals surface area contributed by atoms with Gasteiger partial charge in [0, 0.05) is 5.92 Å². The minimum Gasteiger partial charge on any atom is -0.462 e. The van der Waals surface area contributed by atoms with Crippen LogP contribution in [0.5, 0.6) is 0 Å². The van der Waals surface area contributed by atoms with E-state index in [2.05, 4.69) is 0 Å². The fourth-order valence-electron chi connectivity index (χ4n) is 2.64. The molecule has 0 radical (unpaired) electrons. The number of carbonyl (C=O) groups excluding carboxylic acids is 3. The van der Waals surface area contributed by atoms with Crippen LogP contribution in [-0.2, 0) is 33.2 Å². The van der Waals surface area contributed by atoms with Crippen molar-refractivity contribution in [1.82, 2.24) is 5.06 Å². The lowest BCUT2D eigenvalue weighted by Gasteiger charge is -2.33. The largest absolute Gasteiger partial charge is 0.462 e. The van der Waals surface area contributed by atoms with Crippen molar-refractivity contribution in [2.75, 3.05) is 6.61 Å². The van der Waals surface area contributed by atoms with Crippen LogP contribution in [0.15, 0.2) is 0 Å². The average molecular weight is 423 g/mol. The Morgan fingerprint density at radius 2 is 1.64 bits per heavy atom. The van der Waals surface area contributed by atoms with E-state index in [0.29, 0.717) is 17.9 Å². The molecule has 0 atom stereocenters. The quantitative estimate of drug-likeness (QED) is 0.401. The van der Waals surface area contributed by atoms with Gasteiger partial charge < -0.3 is 16.2 Å². The van der Waals surface area contributed by atoms with Crippen LogP contribution >= 0.6 is 0 Å². The Hall–Kier alpha value is -1.92. The van der Waals surface area contributed by atoms with Crippen LogP contribution in [-0.4, -0.2) is 50.1 Å². The van der Waals surface area contributed by atoms with E-state index in [1.165, 1.54) is 13.8 Å². The van der Waals surface area contributed by atoms with E-state index in [1.54, 1.807) is 13.8 Å². The molecule has 162 valence electrons. The number of urea groups is 1. The Morgan fingerprint density at radius 3 is 2.07 bits per heavy atom. The molecule has 1 aliphatic rings. The Kier molecular flexibility index (Phi) is 8.20. The summed E-state index contributed by atoms with van der Waals surface area (Å²) in [4.78, 5) is 34.9. The zero-order valence-corrected chi connectivity index (χ0v) is 17.4. The second kappa shape index (κ2) is 9.52. The highest BCUT2D eigenvalue weighted by Gasteiger charge is 2.37. The SMILES string of the molecule is CC(C)OC(=O)C(C)(C)COS(=O)(=O)ON(C(N)=O)[C@H]1CC[C@H](C(N)=O)CC1. The van der Waals surface area contributed by atoms with Crippen molar-refractivity contribution in [3.63, 3.8) is 0 Å². The van der Waals surface area contributed by atoms with Gasteiger partial charge in [0.05, 0.1) is 24.2 Å². The number of amides is 3. The number of carbonyl (C=O) groups is 3. The molecule has 0 spiro atoms. The summed E-state index contributed by atoms with van der Waals surface area (Å²) in [5.41, 5.74) is 9.22. The predicted octanol–water partition coefficient (Wildman–Crippen LogP) is 0.582. The molecule has 0 heterocycles. The molecule has 1 aliphatic carbocycles. The first-order chi connectivity index (χ1) is 12.7. The summed E-state index contributed by atoms with van der Waals surface area (Å²) < 4.78 is 38.8. The molecule has 0 aromatic carbocycles. The number of nitrogens with zero attached hydrogens (tertiary/aromatic N) is 1. The number of hydroxylamine groups is 2. The Morgan fingerprint density at radius 1 is 1.11 bits per heavy atom. The average Bonchev–Trinajstić information content (AvgIpc) is 2.57. The third-order valence-electron chi connectivity index (χ3n) is 4.28. The van der Waals surface area contributed by atoms with Crippen molar-refractivity contribution >= 4 is 28.3 Å². The number of hydrogen-bond acceptors (Lipinski definition) is 8. The third kappa shape index (κ3) is 7.24. The van der Waals surface area contributed by atoms with Crippen molar-refractivity contribution in [2.24, 2.45) is 22.8 Å². The second-order valence-corrected chi connectivity index (χ2v) is 8.86. The van der Waals surface area contributed by atoms with Gasteiger partial charge in [-0.3, -0.25) is 9.59 Å². The number of hydrogen-bond donors (Lipinski definition) is 2. The van der Waals surface area contributed by atoms with Crippen LogP contribution in [0.3, 0.4) is 0 Å². The molecule has 3 amide bonds. The van der Waals surface area contributed by atoms with Crippen LogP contribution in [0, 0.1) is 11.3 Å². The Balaban J connectivity index is 2.72. The third-order valence-corrected chi connectivity index (χ3v) is 5.03. The van der Waals surface area contributed by atoms with E-state index in [1.807, 2.05) is 0 Å². The van der Waals surface area contributed by atoms with Gasteiger partial charge in [-0.15, -0.1) is 4.28 Å². The number of esters is 1. The molecule has 0 aromatic heterocycles. The normalized spacial score (nSPS) is 20.6. The minimum atomic E-state index is -4.67. The van der Waals surface area contributed by atoms with Crippen molar-refractivity contribution in [2.45, 2.75) is 65.5 Å². The van der Waals surface area contributed by atoms with Crippen LogP contribution in [0.4, 0.5) is 4.79 Å². The van der Waals surface area contributed by atoms with Gasteiger partial charge >= 0.3 is 22.4 Å². The molecule has 0 aliphatic heterocycles. The number of primary amides is 2. The maximum atomic E-state index is 12.1. The summed E-state index contributed by atoms with van der Waals surface area (Å²) in [7, 11) is -4.67. The topological polar surface area (TPSA) is 168 Å². The lowest BCUT2D eigenvalue weighted by molar-refractivity contribution is -0.159. The Bertz CT molecular complexity index is 684. The monoisotopic (exact) mass is 423 g/mol. The van der Waals surface area contributed by atoms with Crippen LogP contribution in [0.25, 0.3) is 0 Å². The molecule has 0 bridgehead atoms. The standard InChI is InChI=1S/C16H29N3O8S/c1-10(2)26-14(21)16(3,4)9-25-28(23,24)27-19(15(18)22)12-7-5-11(6-8-12)13(17)20/h10-12H,5-9H2,1-4H3,(H2,17,20)(H2,18,22)/t11-,12-. The summed E-state index contributed by atoms with van der Waals surface area (Å²) in [5.74, 6) is -1.43. The van der Waals surface area contributed by atoms with Gasteiger partial charge in [0.15, 0.2) is 0 Å². The fraction of sp³-hybridized carbons (Fsp3) is 0.812. The van der Waals surface area contributed by atoms with Crippen molar-refractivity contribution < 1.29 is 36.0 Å². The van der Waals surface area contributed by atoms with Crippen molar-refractivity contribution in [1.29, 1.82) is 0 Å². The summed E-state index contributed by atoms with van der Waals surface area (Å²) in [6.45, 7) is 5.66. The maximum absolute atomic E-state index is 12.1. The molecule has 1 fully saturated rings. The first-order valence-corrected chi connectivity index (χ1v) is 10.3. The van der Waals surface area contributed by atoms with E-state index < -0.39 is 46.4 Å². The van der Waals surface area contributed by atoms with E-state index in [-0.39, 0.29) is 24.9 Å². The first-order valence-electron chi connectivity index (χ1n) is 8.93. The summed E-state index contributed by atoms with van der Waals surface area (Å²) in [6, 6.07) is -1.77. The molecule has 0 aromatic rings. The van der Waals surface area contributed by atoms with Gasteiger partial charge in [0.2, 0.25) is 5.91 Å². The molecule has 1 saturated carbocycles. The summed E-state index contributed by atoms with van der Waals surface area (Å²) >= 11 is 0. The highest BCUT2D eigenvalue weighted by Crippen LogP contribution is 2.28. The molecular formula is C16H29N3O8S. The highest BCUT2D eigenvalue weighted by atomic mass is 32.3. The molecule has 28 heavy (non-hydrogen) atoms. The first kappa shape index (κ1) is 24.1. The van der Waals surface area contributed by atoms with Gasteiger partial charge in [-0.2, -0.15) is 13.5 Å². The fourth-order valence-corrected chi connectivity index (χ4v) is 3.52. The smallest absolute Gasteiger partial charge is 0.421 e. The maximum Gasteiger partial charge on any atom is 0.421 e. The van der Waals surface area contributed by atoms with Crippen LogP contribution < -0.4 is 11.5 Å². The van der Waals surface area contributed by atoms with Crippen molar-refractivity contribution in [3.8, 4) is 0 Å². The Labute approximate surface area is 164 Å². The summed E-state index contributed by atoms with van der Waals surface area (Å²) in [6.07, 6.45) is 0.960. The molecule has 4 N–H and O–H groups in total. The number of nitrogens with two attached hydrogens (primary N) is 2. The van der Waals surface area contributed by atoms with E-state index >= 15 is 0 Å².